The number of aromatic nitrogens is 1. The predicted molar refractivity (Wildman–Crippen MR) is 51.9 cm³/mol. The van der Waals surface area contributed by atoms with Crippen LogP contribution in [0.15, 0.2) is 28.2 Å². The van der Waals surface area contributed by atoms with Crippen LogP contribution < -0.4 is 4.87 Å². The summed E-state index contributed by atoms with van der Waals surface area (Å²) in [5.41, 5.74) is 1.64. The lowest BCUT2D eigenvalue weighted by Crippen LogP contribution is -1.89. The maximum atomic E-state index is 10.9. The summed E-state index contributed by atoms with van der Waals surface area (Å²) >= 11 is 1.14. The van der Waals surface area contributed by atoms with Crippen LogP contribution in [0.25, 0.3) is 10.2 Å². The second-order valence-electron chi connectivity index (χ2n) is 2.63. The number of aromatic amines is 1. The molecule has 0 unspecified atom stereocenters. The van der Waals surface area contributed by atoms with Crippen LogP contribution in [-0.2, 0) is 6.54 Å². The number of H-pyrrole nitrogens is 1. The van der Waals surface area contributed by atoms with Crippen LogP contribution in [0, 0.1) is 4.91 Å². The molecule has 13 heavy (non-hydrogen) atoms. The highest BCUT2D eigenvalue weighted by Crippen LogP contribution is 2.16. The molecule has 0 aliphatic rings. The molecular formula is C8H6N2O2S. The van der Waals surface area contributed by atoms with Gasteiger partial charge in [0, 0.05) is 0 Å². The van der Waals surface area contributed by atoms with E-state index in [-0.39, 0.29) is 11.4 Å². The van der Waals surface area contributed by atoms with Gasteiger partial charge in [0.25, 0.3) is 0 Å². The van der Waals surface area contributed by atoms with E-state index in [4.69, 9.17) is 0 Å². The molecule has 0 amide bonds. The Morgan fingerprint density at radius 3 is 3.08 bits per heavy atom. The first-order valence-corrected chi connectivity index (χ1v) is 4.52. The van der Waals surface area contributed by atoms with Crippen molar-refractivity contribution in [2.24, 2.45) is 5.18 Å². The Morgan fingerprint density at radius 2 is 2.31 bits per heavy atom. The maximum Gasteiger partial charge on any atom is 0.305 e. The molecule has 2 aromatic rings. The van der Waals surface area contributed by atoms with Crippen LogP contribution in [0.3, 0.4) is 0 Å². The molecule has 0 aliphatic heterocycles. The predicted octanol–water partition coefficient (Wildman–Crippen LogP) is 1.86. The summed E-state index contributed by atoms with van der Waals surface area (Å²) in [4.78, 5) is 23.5. The molecule has 2 rings (SSSR count). The van der Waals surface area contributed by atoms with Crippen molar-refractivity contribution in [1.82, 2.24) is 4.98 Å². The Hall–Kier alpha value is -1.49. The minimum absolute atomic E-state index is 0.0776. The number of fused-ring (bicyclic) bond motifs is 1. The summed E-state index contributed by atoms with van der Waals surface area (Å²) in [6, 6.07) is 5.37. The molecule has 1 aromatic carbocycles. The maximum absolute atomic E-state index is 10.9. The van der Waals surface area contributed by atoms with Crippen molar-refractivity contribution in [3.05, 3.63) is 38.3 Å². The fraction of sp³-hybridized carbons (Fsp3) is 0.125. The highest BCUT2D eigenvalue weighted by molar-refractivity contribution is 7.16. The summed E-state index contributed by atoms with van der Waals surface area (Å²) in [6.45, 7) is 0.155. The molecule has 1 aromatic heterocycles. The van der Waals surface area contributed by atoms with Gasteiger partial charge in [-0.05, 0) is 17.7 Å². The first-order chi connectivity index (χ1) is 6.29. The van der Waals surface area contributed by atoms with Crippen LogP contribution in [0.4, 0.5) is 0 Å². The van der Waals surface area contributed by atoms with Crippen molar-refractivity contribution in [3.63, 3.8) is 0 Å². The molecule has 1 heterocycles. The van der Waals surface area contributed by atoms with Crippen LogP contribution in [-0.4, -0.2) is 4.98 Å². The average Bonchev–Trinajstić information content (AvgIpc) is 2.44. The van der Waals surface area contributed by atoms with Crippen molar-refractivity contribution < 1.29 is 0 Å². The molecule has 4 nitrogen and oxygen atoms in total. The van der Waals surface area contributed by atoms with Gasteiger partial charge in [0.15, 0.2) is 0 Å². The number of hydrogen-bond acceptors (Lipinski definition) is 4. The monoisotopic (exact) mass is 194 g/mol. The van der Waals surface area contributed by atoms with E-state index in [9.17, 15) is 9.70 Å². The highest BCUT2D eigenvalue weighted by atomic mass is 32.1. The van der Waals surface area contributed by atoms with Gasteiger partial charge in [-0.3, -0.25) is 4.79 Å². The van der Waals surface area contributed by atoms with E-state index in [0.717, 1.165) is 27.1 Å². The average molecular weight is 194 g/mol. The summed E-state index contributed by atoms with van der Waals surface area (Å²) < 4.78 is 0.867. The third-order valence-corrected chi connectivity index (χ3v) is 2.58. The summed E-state index contributed by atoms with van der Waals surface area (Å²) in [6.07, 6.45) is 0. The quantitative estimate of drug-likeness (QED) is 0.741. The van der Waals surface area contributed by atoms with Gasteiger partial charge in [-0.15, -0.1) is 0 Å². The standard InChI is InChI=1S/C8H6N2O2S/c11-8-10-6-2-1-5(4-9-12)3-7(6)13-8/h1-3H,4H2,(H,10,11). The van der Waals surface area contributed by atoms with E-state index >= 15 is 0 Å². The normalized spacial score (nSPS) is 10.5. The lowest BCUT2D eigenvalue weighted by Gasteiger charge is -1.92. The lowest BCUT2D eigenvalue weighted by molar-refractivity contribution is 1.06. The van der Waals surface area contributed by atoms with Crippen molar-refractivity contribution >= 4 is 21.6 Å². The van der Waals surface area contributed by atoms with Crippen LogP contribution in [0.1, 0.15) is 5.56 Å². The molecule has 0 fully saturated rings. The first kappa shape index (κ1) is 8.12. The van der Waals surface area contributed by atoms with Gasteiger partial charge in [0.05, 0.1) is 10.2 Å². The topological polar surface area (TPSA) is 62.3 Å². The van der Waals surface area contributed by atoms with Gasteiger partial charge in [0.2, 0.25) is 0 Å². The second-order valence-corrected chi connectivity index (χ2v) is 3.65. The van der Waals surface area contributed by atoms with E-state index < -0.39 is 0 Å². The Balaban J connectivity index is 2.60. The fourth-order valence-electron chi connectivity index (χ4n) is 1.16. The number of rotatable bonds is 2. The van der Waals surface area contributed by atoms with Gasteiger partial charge < -0.3 is 4.98 Å². The number of thiazole rings is 1. The van der Waals surface area contributed by atoms with E-state index in [1.807, 2.05) is 0 Å². The molecule has 0 saturated carbocycles. The van der Waals surface area contributed by atoms with Crippen LogP contribution >= 0.6 is 11.3 Å². The number of nitroso groups, excluding NO2 is 1. The second kappa shape index (κ2) is 3.10. The van der Waals surface area contributed by atoms with Gasteiger partial charge in [0.1, 0.15) is 6.54 Å². The smallest absolute Gasteiger partial charge is 0.305 e. The zero-order chi connectivity index (χ0) is 9.26. The van der Waals surface area contributed by atoms with Crippen molar-refractivity contribution in [2.75, 3.05) is 0 Å². The lowest BCUT2D eigenvalue weighted by atomic mass is 10.2. The molecular weight excluding hydrogens is 188 g/mol. The minimum atomic E-state index is -0.0776. The van der Waals surface area contributed by atoms with E-state index in [1.54, 1.807) is 18.2 Å². The van der Waals surface area contributed by atoms with E-state index in [0.29, 0.717) is 0 Å². The Morgan fingerprint density at radius 1 is 1.46 bits per heavy atom. The van der Waals surface area contributed by atoms with Crippen molar-refractivity contribution in [3.8, 4) is 0 Å². The Kier molecular flexibility index (Phi) is 1.94. The number of nitrogens with one attached hydrogen (secondary N) is 1. The van der Waals surface area contributed by atoms with Gasteiger partial charge in [-0.1, -0.05) is 22.6 Å². The summed E-state index contributed by atoms with van der Waals surface area (Å²) in [5.74, 6) is 0. The Labute approximate surface area is 77.2 Å². The van der Waals surface area contributed by atoms with Crippen LogP contribution in [0.5, 0.6) is 0 Å². The molecule has 0 radical (unpaired) electrons. The number of nitrogens with zero attached hydrogens (tertiary/aromatic N) is 1. The molecule has 5 heteroatoms. The fourth-order valence-corrected chi connectivity index (χ4v) is 1.96. The molecule has 0 bridgehead atoms. The summed E-state index contributed by atoms with van der Waals surface area (Å²) in [7, 11) is 0. The van der Waals surface area contributed by atoms with Gasteiger partial charge in [-0.2, -0.15) is 4.91 Å². The molecule has 1 N–H and O–H groups in total. The number of hydrogen-bond donors (Lipinski definition) is 1. The summed E-state index contributed by atoms with van der Waals surface area (Å²) in [5, 5.41) is 2.79. The zero-order valence-corrected chi connectivity index (χ0v) is 7.43. The molecule has 66 valence electrons. The third-order valence-electron chi connectivity index (χ3n) is 1.73. The molecule has 0 atom stereocenters. The molecule has 0 spiro atoms. The Bertz CT molecular complexity index is 500. The highest BCUT2D eigenvalue weighted by Gasteiger charge is 1.99. The van der Waals surface area contributed by atoms with Gasteiger partial charge >= 0.3 is 4.87 Å². The van der Waals surface area contributed by atoms with E-state index in [1.165, 1.54) is 0 Å². The minimum Gasteiger partial charge on any atom is -0.312 e. The largest absolute Gasteiger partial charge is 0.312 e. The SMILES string of the molecule is O=NCc1ccc2[nH]c(=O)sc2c1. The zero-order valence-electron chi connectivity index (χ0n) is 6.61. The van der Waals surface area contributed by atoms with Gasteiger partial charge in [-0.25, -0.2) is 0 Å². The third kappa shape index (κ3) is 1.50. The van der Waals surface area contributed by atoms with Crippen molar-refractivity contribution in [1.29, 1.82) is 0 Å². The molecule has 0 saturated heterocycles. The van der Waals surface area contributed by atoms with E-state index in [2.05, 4.69) is 10.2 Å². The first-order valence-electron chi connectivity index (χ1n) is 3.70. The van der Waals surface area contributed by atoms with Crippen molar-refractivity contribution in [2.45, 2.75) is 6.54 Å². The number of benzene rings is 1. The van der Waals surface area contributed by atoms with Crippen LogP contribution in [0.2, 0.25) is 0 Å². The molecule has 0 aliphatic carbocycles.